The van der Waals surface area contributed by atoms with Gasteiger partial charge in [-0.15, -0.1) is 0 Å². The number of hydrogen-bond acceptors (Lipinski definition) is 7. The number of carbonyl (C=O) groups excluding carboxylic acids is 3. The number of H-pyrrole nitrogens is 1. The zero-order valence-corrected chi connectivity index (χ0v) is 18.8. The van der Waals surface area contributed by atoms with Gasteiger partial charge in [0.1, 0.15) is 18.1 Å². The van der Waals surface area contributed by atoms with E-state index in [0.717, 1.165) is 0 Å². The highest BCUT2D eigenvalue weighted by atomic mass is 16.4. The first-order valence-electron chi connectivity index (χ1n) is 10.5. The number of nitrogens with two attached hydrogens (primary N) is 1. The van der Waals surface area contributed by atoms with Crippen molar-refractivity contribution in [1.29, 1.82) is 0 Å². The van der Waals surface area contributed by atoms with Gasteiger partial charge in [-0.2, -0.15) is 0 Å². The summed E-state index contributed by atoms with van der Waals surface area (Å²) in [6.45, 7) is 4.95. The molecule has 0 radical (unpaired) electrons. The van der Waals surface area contributed by atoms with Crippen LogP contribution < -0.4 is 21.7 Å². The highest BCUT2D eigenvalue weighted by Crippen LogP contribution is 2.08. The predicted octanol–water partition coefficient (Wildman–Crippen LogP) is -1.25. The average molecular weight is 469 g/mol. The maximum absolute atomic E-state index is 13.0. The first kappa shape index (κ1) is 27.6. The number of nitrogens with zero attached hydrogens (tertiary/aromatic N) is 1. The third-order valence-electron chi connectivity index (χ3n) is 4.69. The zero-order valence-electron chi connectivity index (χ0n) is 18.8. The maximum Gasteiger partial charge on any atom is 0.325 e. The van der Waals surface area contributed by atoms with Gasteiger partial charge >= 0.3 is 11.9 Å². The summed E-state index contributed by atoms with van der Waals surface area (Å²) in [5, 5.41) is 25.2. The lowest BCUT2D eigenvalue weighted by atomic mass is 10.0. The minimum atomic E-state index is -1.24. The summed E-state index contributed by atoms with van der Waals surface area (Å²) in [6, 6.07) is -4.49. The number of rotatable bonds is 14. The normalized spacial score (nSPS) is 14.6. The summed E-state index contributed by atoms with van der Waals surface area (Å²) >= 11 is 0. The molecule has 33 heavy (non-hydrogen) atoms. The summed E-state index contributed by atoms with van der Waals surface area (Å²) in [4.78, 5) is 66.5. The molecule has 0 bridgehead atoms. The van der Waals surface area contributed by atoms with E-state index in [4.69, 9.17) is 15.9 Å². The van der Waals surface area contributed by atoms with Crippen LogP contribution >= 0.6 is 0 Å². The molecular formula is C20H32N6O7. The lowest BCUT2D eigenvalue weighted by Gasteiger charge is -2.25. The molecule has 4 unspecified atom stereocenters. The molecule has 0 aliphatic carbocycles. The molecule has 0 saturated carbocycles. The van der Waals surface area contributed by atoms with Gasteiger partial charge in [0.25, 0.3) is 0 Å². The van der Waals surface area contributed by atoms with Crippen molar-refractivity contribution in [3.8, 4) is 0 Å². The van der Waals surface area contributed by atoms with Crippen molar-refractivity contribution in [3.63, 3.8) is 0 Å². The van der Waals surface area contributed by atoms with Gasteiger partial charge in [-0.25, -0.2) is 4.98 Å². The topological polar surface area (TPSA) is 217 Å². The summed E-state index contributed by atoms with van der Waals surface area (Å²) in [5.41, 5.74) is 6.26. The molecule has 1 rings (SSSR count). The fraction of sp³-hybridized carbons (Fsp3) is 0.600. The number of amides is 3. The van der Waals surface area contributed by atoms with Crippen LogP contribution in [0, 0.1) is 5.92 Å². The Morgan fingerprint density at radius 3 is 2.12 bits per heavy atom. The maximum atomic E-state index is 13.0. The van der Waals surface area contributed by atoms with Crippen LogP contribution in [0.5, 0.6) is 0 Å². The molecule has 4 atom stereocenters. The zero-order chi connectivity index (χ0) is 25.1. The van der Waals surface area contributed by atoms with Gasteiger partial charge in [-0.1, -0.05) is 13.8 Å². The van der Waals surface area contributed by atoms with Gasteiger partial charge in [-0.3, -0.25) is 24.0 Å². The molecule has 3 amide bonds. The Hall–Kier alpha value is -3.48. The molecule has 0 spiro atoms. The smallest absolute Gasteiger partial charge is 0.325 e. The summed E-state index contributed by atoms with van der Waals surface area (Å²) in [6.07, 6.45) is 2.69. The number of imidazole rings is 1. The van der Waals surface area contributed by atoms with Crippen molar-refractivity contribution >= 4 is 29.7 Å². The molecule has 184 valence electrons. The van der Waals surface area contributed by atoms with Gasteiger partial charge in [-0.05, 0) is 25.7 Å². The largest absolute Gasteiger partial charge is 0.481 e. The lowest BCUT2D eigenvalue weighted by molar-refractivity contribution is -0.142. The van der Waals surface area contributed by atoms with Crippen molar-refractivity contribution in [1.82, 2.24) is 25.9 Å². The van der Waals surface area contributed by atoms with Gasteiger partial charge in [0.2, 0.25) is 17.7 Å². The molecule has 1 heterocycles. The highest BCUT2D eigenvalue weighted by Gasteiger charge is 2.30. The van der Waals surface area contributed by atoms with Crippen LogP contribution in [0.3, 0.4) is 0 Å². The Morgan fingerprint density at radius 2 is 1.61 bits per heavy atom. The van der Waals surface area contributed by atoms with E-state index in [-0.39, 0.29) is 31.6 Å². The molecule has 0 saturated heterocycles. The number of nitrogens with one attached hydrogen (secondary N) is 4. The third-order valence-corrected chi connectivity index (χ3v) is 4.69. The minimum Gasteiger partial charge on any atom is -0.481 e. The first-order valence-corrected chi connectivity index (χ1v) is 10.5. The van der Waals surface area contributed by atoms with E-state index in [2.05, 4.69) is 25.9 Å². The number of aromatic nitrogens is 2. The van der Waals surface area contributed by atoms with Crippen molar-refractivity contribution < 1.29 is 34.2 Å². The van der Waals surface area contributed by atoms with Crippen molar-refractivity contribution in [3.05, 3.63) is 18.2 Å². The lowest BCUT2D eigenvalue weighted by Crippen LogP contribution is -2.57. The number of aliphatic carboxylic acids is 2. The molecule has 13 heteroatoms. The van der Waals surface area contributed by atoms with E-state index in [1.54, 1.807) is 0 Å². The van der Waals surface area contributed by atoms with Crippen molar-refractivity contribution in [2.24, 2.45) is 11.7 Å². The quantitative estimate of drug-likeness (QED) is 0.173. The van der Waals surface area contributed by atoms with Gasteiger partial charge in [0.15, 0.2) is 0 Å². The molecular weight excluding hydrogens is 436 g/mol. The highest BCUT2D eigenvalue weighted by molar-refractivity contribution is 5.94. The first-order chi connectivity index (χ1) is 15.4. The third kappa shape index (κ3) is 10.1. The minimum absolute atomic E-state index is 0.00435. The van der Waals surface area contributed by atoms with Crippen molar-refractivity contribution in [2.45, 2.75) is 70.6 Å². The monoisotopic (exact) mass is 468 g/mol. The molecule has 0 aliphatic rings. The summed E-state index contributed by atoms with van der Waals surface area (Å²) < 4.78 is 0. The Morgan fingerprint density at radius 1 is 1.00 bits per heavy atom. The van der Waals surface area contributed by atoms with Gasteiger partial charge in [0, 0.05) is 24.7 Å². The van der Waals surface area contributed by atoms with Crippen LogP contribution in [0.15, 0.2) is 12.5 Å². The van der Waals surface area contributed by atoms with Crippen LogP contribution in [-0.2, 0) is 30.4 Å². The fourth-order valence-electron chi connectivity index (χ4n) is 2.87. The van der Waals surface area contributed by atoms with E-state index in [9.17, 15) is 24.0 Å². The van der Waals surface area contributed by atoms with Gasteiger partial charge in [0.05, 0.1) is 12.4 Å². The van der Waals surface area contributed by atoms with Crippen LogP contribution in [0.1, 0.15) is 45.7 Å². The Kier molecular flexibility index (Phi) is 11.0. The molecule has 13 nitrogen and oxygen atoms in total. The van der Waals surface area contributed by atoms with Crippen LogP contribution in [0.4, 0.5) is 0 Å². The second kappa shape index (κ2) is 13.2. The number of aromatic amines is 1. The Balaban J connectivity index is 2.96. The Bertz CT molecular complexity index is 827. The Labute approximate surface area is 190 Å². The SMILES string of the molecule is CC(C)CC(NC(=O)C(N)CCC(=O)O)C(=O)NC(Cc1cnc[nH]1)C(=O)NC(C)C(=O)O. The molecule has 1 aromatic rings. The summed E-state index contributed by atoms with van der Waals surface area (Å²) in [5.74, 6) is -4.42. The second-order valence-electron chi connectivity index (χ2n) is 8.14. The van der Waals surface area contributed by atoms with Crippen molar-refractivity contribution in [2.75, 3.05) is 0 Å². The van der Waals surface area contributed by atoms with E-state index in [1.807, 2.05) is 13.8 Å². The van der Waals surface area contributed by atoms with Gasteiger partial charge < -0.3 is 36.9 Å². The standard InChI is InChI=1S/C20H32N6O7/c1-10(2)6-14(25-17(29)13(21)4-5-16(27)28)19(31)26-15(7-12-8-22-9-23-12)18(30)24-11(3)20(32)33/h8-11,13-15H,4-7,21H2,1-3H3,(H,22,23)(H,24,30)(H,25,29)(H,26,31)(H,27,28)(H,32,33). The van der Waals surface area contributed by atoms with Crippen LogP contribution in [0.2, 0.25) is 0 Å². The summed E-state index contributed by atoms with van der Waals surface area (Å²) in [7, 11) is 0. The van der Waals surface area contributed by atoms with Crippen LogP contribution in [0.25, 0.3) is 0 Å². The molecule has 0 aromatic carbocycles. The van der Waals surface area contributed by atoms with E-state index in [1.165, 1.54) is 19.4 Å². The molecule has 8 N–H and O–H groups in total. The molecule has 1 aromatic heterocycles. The predicted molar refractivity (Wildman–Crippen MR) is 116 cm³/mol. The molecule has 0 fully saturated rings. The number of carboxylic acids is 2. The van der Waals surface area contributed by atoms with E-state index < -0.39 is 53.8 Å². The average Bonchev–Trinajstić information content (AvgIpc) is 3.23. The fourth-order valence-corrected chi connectivity index (χ4v) is 2.87. The number of carboxylic acid groups (broad SMARTS) is 2. The number of carbonyl (C=O) groups is 5. The van der Waals surface area contributed by atoms with E-state index >= 15 is 0 Å². The van der Waals surface area contributed by atoms with E-state index in [0.29, 0.717) is 5.69 Å². The second-order valence-corrected chi connectivity index (χ2v) is 8.14. The number of hydrogen-bond donors (Lipinski definition) is 7. The van der Waals surface area contributed by atoms with Crippen LogP contribution in [-0.4, -0.2) is 74.0 Å². The molecule has 0 aliphatic heterocycles.